The van der Waals surface area contributed by atoms with E-state index in [1.165, 1.54) is 24.8 Å². The van der Waals surface area contributed by atoms with Gasteiger partial charge < -0.3 is 8.85 Å². The van der Waals surface area contributed by atoms with Gasteiger partial charge in [-0.15, -0.1) is 0 Å². The van der Waals surface area contributed by atoms with E-state index >= 15 is 0 Å². The van der Waals surface area contributed by atoms with Crippen molar-refractivity contribution < 1.29 is 21.5 Å². The molecule has 0 unspecified atom stereocenters. The van der Waals surface area contributed by atoms with Gasteiger partial charge in [-0.25, -0.2) is 0 Å². The summed E-state index contributed by atoms with van der Waals surface area (Å²) in [6.07, 6.45) is 13.0. The molecule has 306 valence electrons. The molecule has 0 aromatic heterocycles. The predicted octanol–water partition coefficient (Wildman–Crippen LogP) is 13.0. The van der Waals surface area contributed by atoms with E-state index in [-0.39, 0.29) is 50.0 Å². The van der Waals surface area contributed by atoms with Crippen LogP contribution in [0.4, 0.5) is 0 Å². The largest absolute Gasteiger partial charge is 0.414 e. The van der Waals surface area contributed by atoms with Crippen molar-refractivity contribution >= 4 is 26.8 Å². The van der Waals surface area contributed by atoms with Gasteiger partial charge in [-0.3, -0.25) is 4.18 Å². The lowest BCUT2D eigenvalue weighted by molar-refractivity contribution is -0.0571. The van der Waals surface area contributed by atoms with Gasteiger partial charge in [-0.1, -0.05) is 117 Å². The normalized spacial score (nSPS) is 32.0. The molecule has 0 amide bonds. The van der Waals surface area contributed by atoms with Crippen LogP contribution in [-0.4, -0.2) is 43.4 Å². The minimum absolute atomic E-state index is 0.0964. The summed E-state index contributed by atoms with van der Waals surface area (Å²) in [6.45, 7) is 38.3. The number of aryl methyl sites for hydroxylation is 1. The lowest BCUT2D eigenvalue weighted by Gasteiger charge is -2.59. The van der Waals surface area contributed by atoms with Crippen LogP contribution >= 0.6 is 0 Å². The van der Waals surface area contributed by atoms with E-state index in [0.29, 0.717) is 30.1 Å². The molecule has 0 N–H and O–H groups in total. The molecular weight excluding hydrogens is 721 g/mol. The average molecular weight is 799 g/mol. The van der Waals surface area contributed by atoms with E-state index in [4.69, 9.17) is 13.0 Å². The third kappa shape index (κ3) is 8.55. The molecule has 4 aliphatic rings. The van der Waals surface area contributed by atoms with Crippen LogP contribution in [0.3, 0.4) is 0 Å². The van der Waals surface area contributed by atoms with Gasteiger partial charge in [0.15, 0.2) is 16.6 Å². The van der Waals surface area contributed by atoms with Crippen LogP contribution in [0.25, 0.3) is 0 Å². The SMILES string of the molecule is Cc1ccc(S(=O)(=O)O[C@H]2CC[C@@]3(C)C(=CC=C4[C@@H]3[C@H](O[Si](C)(C)C(C)(C)C)C[C@]3(C)[C@@H]([C@H](C)[C@@H](CCC(C)C)O[Si](C)(C)C(C)(C)C)CC[C@@H]43)C2)cc1. The summed E-state index contributed by atoms with van der Waals surface area (Å²) in [7, 11) is -7.96. The maximum absolute atomic E-state index is 13.4. The van der Waals surface area contributed by atoms with Gasteiger partial charge in [-0.2, -0.15) is 8.42 Å². The molecule has 0 saturated heterocycles. The van der Waals surface area contributed by atoms with Gasteiger partial charge in [0, 0.05) is 12.0 Å². The third-order valence-electron chi connectivity index (χ3n) is 15.8. The van der Waals surface area contributed by atoms with E-state index < -0.39 is 26.8 Å². The maximum Gasteiger partial charge on any atom is 0.297 e. The van der Waals surface area contributed by atoms with Crippen molar-refractivity contribution in [3.8, 4) is 0 Å². The molecule has 9 atom stereocenters. The maximum atomic E-state index is 13.4. The zero-order valence-corrected chi connectivity index (χ0v) is 40.0. The van der Waals surface area contributed by atoms with Gasteiger partial charge in [0.1, 0.15) is 0 Å². The van der Waals surface area contributed by atoms with Crippen LogP contribution in [0.2, 0.25) is 36.3 Å². The molecule has 0 spiro atoms. The fraction of sp³-hybridized carbons (Fsp3) is 0.783. The van der Waals surface area contributed by atoms with E-state index in [2.05, 4.69) is 115 Å². The Morgan fingerprint density at radius 2 is 1.46 bits per heavy atom. The molecule has 5 nitrogen and oxygen atoms in total. The second-order valence-corrected chi connectivity index (χ2v) is 33.2. The van der Waals surface area contributed by atoms with Crippen molar-refractivity contribution in [2.24, 2.45) is 40.4 Å². The molecule has 5 rings (SSSR count). The van der Waals surface area contributed by atoms with Crippen LogP contribution < -0.4 is 0 Å². The second kappa shape index (κ2) is 15.3. The summed E-state index contributed by atoms with van der Waals surface area (Å²) in [5.41, 5.74) is 3.98. The fourth-order valence-corrected chi connectivity index (χ4v) is 14.3. The van der Waals surface area contributed by atoms with Crippen LogP contribution in [-0.2, 0) is 23.2 Å². The highest BCUT2D eigenvalue weighted by atomic mass is 32.2. The smallest absolute Gasteiger partial charge is 0.297 e. The zero-order valence-electron chi connectivity index (χ0n) is 37.2. The van der Waals surface area contributed by atoms with Gasteiger partial charge in [0.05, 0.1) is 17.1 Å². The molecule has 1 aromatic carbocycles. The fourth-order valence-electron chi connectivity index (χ4n) is 10.4. The predicted molar refractivity (Wildman–Crippen MR) is 231 cm³/mol. The molecule has 3 saturated carbocycles. The van der Waals surface area contributed by atoms with Crippen molar-refractivity contribution in [3.63, 3.8) is 0 Å². The van der Waals surface area contributed by atoms with E-state index in [9.17, 15) is 8.42 Å². The van der Waals surface area contributed by atoms with E-state index in [1.807, 2.05) is 19.1 Å². The number of hydrogen-bond acceptors (Lipinski definition) is 5. The third-order valence-corrected chi connectivity index (χ3v) is 26.2. The molecule has 0 radical (unpaired) electrons. The van der Waals surface area contributed by atoms with Crippen LogP contribution in [0, 0.1) is 47.3 Å². The number of allylic oxidation sites excluding steroid dienone is 2. The Bertz CT molecular complexity index is 1660. The first kappa shape index (κ1) is 44.1. The molecule has 0 aliphatic heterocycles. The quantitative estimate of drug-likeness (QED) is 0.156. The monoisotopic (exact) mass is 799 g/mol. The molecule has 54 heavy (non-hydrogen) atoms. The molecule has 0 heterocycles. The van der Waals surface area contributed by atoms with Crippen molar-refractivity contribution in [1.82, 2.24) is 0 Å². The highest BCUT2D eigenvalue weighted by Crippen LogP contribution is 2.67. The van der Waals surface area contributed by atoms with Crippen LogP contribution in [0.15, 0.2) is 52.5 Å². The summed E-state index contributed by atoms with van der Waals surface area (Å²) in [6, 6.07) is 7.00. The summed E-state index contributed by atoms with van der Waals surface area (Å²) < 4.78 is 47.9. The van der Waals surface area contributed by atoms with Gasteiger partial charge in [0.25, 0.3) is 10.1 Å². The molecule has 0 bridgehead atoms. The van der Waals surface area contributed by atoms with Crippen molar-refractivity contribution in [1.29, 1.82) is 0 Å². The first-order valence-electron chi connectivity index (χ1n) is 21.4. The Balaban J connectivity index is 1.50. The Kier molecular flexibility index (Phi) is 12.5. The number of rotatable bonds is 12. The second-order valence-electron chi connectivity index (χ2n) is 22.1. The van der Waals surface area contributed by atoms with Crippen molar-refractivity contribution in [2.75, 3.05) is 0 Å². The topological polar surface area (TPSA) is 61.8 Å². The highest BCUT2D eigenvalue weighted by molar-refractivity contribution is 7.86. The van der Waals surface area contributed by atoms with Gasteiger partial charge in [-0.05, 0) is 141 Å². The van der Waals surface area contributed by atoms with Crippen molar-refractivity contribution in [3.05, 3.63) is 53.1 Å². The molecule has 8 heteroatoms. The Hall–Kier alpha value is -1.04. The average Bonchev–Trinajstić information content (AvgIpc) is 3.38. The van der Waals surface area contributed by atoms with Gasteiger partial charge >= 0.3 is 0 Å². The number of hydrogen-bond donors (Lipinski definition) is 0. The summed E-state index contributed by atoms with van der Waals surface area (Å²) in [5.74, 6) is 2.48. The standard InChI is InChI=1S/C46H78O5SSi2/c1-31(2)17-26-40(50-53(13,14)43(5,6)7)33(4)38-24-25-39-37-23-20-34-29-35(49-52(47,48)36-21-18-32(3)19-22-36)27-28-45(34,11)42(37)41(30-46(38,39)12)51-54(15,16)44(8,9)10/h18-23,31,33,35,38-42H,17,24-30H2,1-16H3/t33-,35-,38+,39-,40+,41+,42+,45-,46+/m0/s1. The minimum Gasteiger partial charge on any atom is -0.414 e. The lowest BCUT2D eigenvalue weighted by atomic mass is 9.49. The summed E-state index contributed by atoms with van der Waals surface area (Å²) in [5, 5.41) is 0.270. The highest BCUT2D eigenvalue weighted by Gasteiger charge is 2.62. The van der Waals surface area contributed by atoms with Crippen LogP contribution in [0.1, 0.15) is 133 Å². The first-order chi connectivity index (χ1) is 24.6. The first-order valence-corrected chi connectivity index (χ1v) is 28.6. The van der Waals surface area contributed by atoms with E-state index in [0.717, 1.165) is 31.2 Å². The Labute approximate surface area is 334 Å². The van der Waals surface area contributed by atoms with Crippen LogP contribution in [0.5, 0.6) is 0 Å². The van der Waals surface area contributed by atoms with Gasteiger partial charge in [0.2, 0.25) is 0 Å². The number of fused-ring (bicyclic) bond motifs is 5. The van der Waals surface area contributed by atoms with Crippen molar-refractivity contribution in [2.45, 2.75) is 194 Å². The molecule has 4 aliphatic carbocycles. The minimum atomic E-state index is -3.85. The van der Waals surface area contributed by atoms with E-state index in [1.54, 1.807) is 17.7 Å². The molecular formula is C46H78O5SSi2. The Morgan fingerprint density at radius 3 is 2.04 bits per heavy atom. The lowest BCUT2D eigenvalue weighted by Crippen LogP contribution is -2.57. The molecule has 1 aromatic rings. The molecule has 3 fully saturated rings. The summed E-state index contributed by atoms with van der Waals surface area (Å²) >= 11 is 0. The summed E-state index contributed by atoms with van der Waals surface area (Å²) in [4.78, 5) is 0.238. The number of benzene rings is 1. The Morgan fingerprint density at radius 1 is 0.852 bits per heavy atom. The zero-order chi connectivity index (χ0) is 40.4.